The number of imidazole rings is 1. The van der Waals surface area contributed by atoms with Crippen LogP contribution < -0.4 is 10.5 Å². The normalized spacial score (nSPS) is 17.4. The molecule has 1 aliphatic rings. The standard InChI is InChI=1S/C20H21ClN4O2/c21-15-6-4-13(5-7-15)8-10-25-11-9-14(12-25)19-23-16-2-1-3-17(18(16)24-19)27-20(22)26/h1-7,14H,8-12H2,(H2,22,26)(H,23,24). The Kier molecular flexibility index (Phi) is 5.01. The summed E-state index contributed by atoms with van der Waals surface area (Å²) in [6.45, 7) is 3.01. The molecule has 0 spiro atoms. The molecule has 1 aliphatic heterocycles. The topological polar surface area (TPSA) is 84.2 Å². The number of primary amides is 1. The summed E-state index contributed by atoms with van der Waals surface area (Å²) >= 11 is 5.94. The lowest BCUT2D eigenvalue weighted by molar-refractivity contribution is 0.211. The van der Waals surface area contributed by atoms with Gasteiger partial charge >= 0.3 is 6.09 Å². The maximum atomic E-state index is 11.1. The number of aromatic nitrogens is 2. The van der Waals surface area contributed by atoms with Crippen LogP contribution >= 0.6 is 11.6 Å². The van der Waals surface area contributed by atoms with Crippen molar-refractivity contribution in [1.29, 1.82) is 0 Å². The molecular formula is C20H21ClN4O2. The van der Waals surface area contributed by atoms with Crippen LogP contribution in [0.1, 0.15) is 23.7 Å². The van der Waals surface area contributed by atoms with Crippen molar-refractivity contribution in [3.63, 3.8) is 0 Å². The number of likely N-dealkylation sites (tertiary alicyclic amines) is 1. The minimum absolute atomic E-state index is 0.337. The van der Waals surface area contributed by atoms with Gasteiger partial charge in [0.15, 0.2) is 5.75 Å². The highest BCUT2D eigenvalue weighted by Crippen LogP contribution is 2.30. The molecule has 3 aromatic rings. The highest BCUT2D eigenvalue weighted by Gasteiger charge is 2.26. The Morgan fingerprint density at radius 3 is 2.89 bits per heavy atom. The lowest BCUT2D eigenvalue weighted by atomic mass is 10.1. The summed E-state index contributed by atoms with van der Waals surface area (Å²) < 4.78 is 5.06. The molecule has 7 heteroatoms. The largest absolute Gasteiger partial charge is 0.410 e. The number of para-hydroxylation sites is 1. The number of fused-ring (bicyclic) bond motifs is 1. The summed E-state index contributed by atoms with van der Waals surface area (Å²) in [6.07, 6.45) is 1.22. The van der Waals surface area contributed by atoms with E-state index in [1.807, 2.05) is 24.3 Å². The van der Waals surface area contributed by atoms with Crippen LogP contribution in [-0.2, 0) is 6.42 Å². The number of aromatic amines is 1. The third-order valence-corrected chi connectivity index (χ3v) is 5.25. The van der Waals surface area contributed by atoms with Crippen molar-refractivity contribution in [2.75, 3.05) is 19.6 Å². The number of rotatable bonds is 5. The van der Waals surface area contributed by atoms with E-state index >= 15 is 0 Å². The van der Waals surface area contributed by atoms with E-state index in [0.717, 1.165) is 48.8 Å². The summed E-state index contributed by atoms with van der Waals surface area (Å²) in [7, 11) is 0. The van der Waals surface area contributed by atoms with Crippen molar-refractivity contribution in [3.05, 3.63) is 58.9 Å². The van der Waals surface area contributed by atoms with E-state index in [0.29, 0.717) is 17.2 Å². The van der Waals surface area contributed by atoms with Crippen molar-refractivity contribution in [1.82, 2.24) is 14.9 Å². The van der Waals surface area contributed by atoms with Crippen molar-refractivity contribution in [3.8, 4) is 5.75 Å². The summed E-state index contributed by atoms with van der Waals surface area (Å²) in [6, 6.07) is 13.5. The molecule has 3 N–H and O–H groups in total. The predicted molar refractivity (Wildman–Crippen MR) is 105 cm³/mol. The van der Waals surface area contributed by atoms with Crippen LogP contribution in [0.2, 0.25) is 5.02 Å². The fourth-order valence-corrected chi connectivity index (χ4v) is 3.73. The van der Waals surface area contributed by atoms with E-state index in [4.69, 9.17) is 22.1 Å². The number of benzene rings is 2. The zero-order valence-electron chi connectivity index (χ0n) is 14.8. The summed E-state index contributed by atoms with van der Waals surface area (Å²) in [4.78, 5) is 21.6. The molecule has 1 aromatic heterocycles. The molecule has 2 heterocycles. The SMILES string of the molecule is NC(=O)Oc1cccc2[nH]c(C3CCN(CCc4ccc(Cl)cc4)C3)nc12. The van der Waals surface area contributed by atoms with Crippen LogP contribution in [0.5, 0.6) is 5.75 Å². The molecule has 0 bridgehead atoms. The molecular weight excluding hydrogens is 364 g/mol. The lowest BCUT2D eigenvalue weighted by Crippen LogP contribution is -2.23. The first-order valence-electron chi connectivity index (χ1n) is 9.01. The maximum absolute atomic E-state index is 11.1. The van der Waals surface area contributed by atoms with Crippen LogP contribution in [-0.4, -0.2) is 40.6 Å². The average Bonchev–Trinajstić information content (AvgIpc) is 3.28. The smallest absolute Gasteiger partial charge is 0.408 e. The van der Waals surface area contributed by atoms with Gasteiger partial charge in [-0.1, -0.05) is 29.8 Å². The van der Waals surface area contributed by atoms with Gasteiger partial charge in [-0.15, -0.1) is 0 Å². The zero-order valence-corrected chi connectivity index (χ0v) is 15.6. The van der Waals surface area contributed by atoms with Crippen LogP contribution in [0.25, 0.3) is 11.0 Å². The van der Waals surface area contributed by atoms with Crippen molar-refractivity contribution < 1.29 is 9.53 Å². The number of carbonyl (C=O) groups is 1. The molecule has 2 aromatic carbocycles. The second kappa shape index (κ2) is 7.58. The molecule has 4 rings (SSSR count). The number of nitrogens with one attached hydrogen (secondary N) is 1. The Morgan fingerprint density at radius 1 is 1.30 bits per heavy atom. The number of carbonyl (C=O) groups excluding carboxylic acids is 1. The zero-order chi connectivity index (χ0) is 18.8. The molecule has 0 saturated carbocycles. The Balaban J connectivity index is 1.42. The molecule has 1 atom stereocenters. The lowest BCUT2D eigenvalue weighted by Gasteiger charge is -2.15. The third kappa shape index (κ3) is 4.07. The fraction of sp³-hybridized carbons (Fsp3) is 0.300. The van der Waals surface area contributed by atoms with Crippen LogP contribution in [0.4, 0.5) is 4.79 Å². The maximum Gasteiger partial charge on any atom is 0.410 e. The summed E-state index contributed by atoms with van der Waals surface area (Å²) in [5.74, 6) is 1.66. The van der Waals surface area contributed by atoms with E-state index in [-0.39, 0.29) is 0 Å². The van der Waals surface area contributed by atoms with Gasteiger partial charge in [-0.05, 0) is 49.2 Å². The number of nitrogens with zero attached hydrogens (tertiary/aromatic N) is 2. The van der Waals surface area contributed by atoms with Crippen molar-refractivity contribution in [2.45, 2.75) is 18.8 Å². The number of hydrogen-bond donors (Lipinski definition) is 2. The van der Waals surface area contributed by atoms with E-state index in [1.54, 1.807) is 6.07 Å². The molecule has 1 fully saturated rings. The van der Waals surface area contributed by atoms with Gasteiger partial charge in [-0.2, -0.15) is 0 Å². The van der Waals surface area contributed by atoms with Crippen molar-refractivity contribution in [2.24, 2.45) is 5.73 Å². The Hall–Kier alpha value is -2.57. The molecule has 1 saturated heterocycles. The van der Waals surface area contributed by atoms with Crippen molar-refractivity contribution >= 4 is 28.7 Å². The first-order valence-corrected chi connectivity index (χ1v) is 9.39. The molecule has 6 nitrogen and oxygen atoms in total. The highest BCUT2D eigenvalue weighted by atomic mass is 35.5. The van der Waals surface area contributed by atoms with Crippen LogP contribution in [0.3, 0.4) is 0 Å². The second-order valence-electron chi connectivity index (χ2n) is 6.86. The van der Waals surface area contributed by atoms with E-state index in [9.17, 15) is 4.79 Å². The van der Waals surface area contributed by atoms with Crippen LogP contribution in [0.15, 0.2) is 42.5 Å². The second-order valence-corrected chi connectivity index (χ2v) is 7.29. The number of H-pyrrole nitrogens is 1. The summed E-state index contributed by atoms with van der Waals surface area (Å²) in [5, 5.41) is 0.768. The Morgan fingerprint density at radius 2 is 2.11 bits per heavy atom. The minimum Gasteiger partial charge on any atom is -0.408 e. The number of amides is 1. The average molecular weight is 385 g/mol. The number of nitrogens with two attached hydrogens (primary N) is 1. The van der Waals surface area contributed by atoms with E-state index < -0.39 is 6.09 Å². The molecule has 0 aliphatic carbocycles. The van der Waals surface area contributed by atoms with Gasteiger partial charge < -0.3 is 20.4 Å². The molecule has 140 valence electrons. The Bertz CT molecular complexity index is 954. The summed E-state index contributed by atoms with van der Waals surface area (Å²) in [5.41, 5.74) is 7.93. The van der Waals surface area contributed by atoms with Gasteiger partial charge in [-0.3, -0.25) is 0 Å². The van der Waals surface area contributed by atoms with E-state index in [1.165, 1.54) is 5.56 Å². The third-order valence-electron chi connectivity index (χ3n) is 4.99. The van der Waals surface area contributed by atoms with Gasteiger partial charge in [0.1, 0.15) is 11.3 Å². The highest BCUT2D eigenvalue weighted by molar-refractivity contribution is 6.30. The van der Waals surface area contributed by atoms with Gasteiger partial charge in [0.05, 0.1) is 5.52 Å². The van der Waals surface area contributed by atoms with Gasteiger partial charge in [-0.25, -0.2) is 9.78 Å². The van der Waals surface area contributed by atoms with Gasteiger partial charge in [0.2, 0.25) is 0 Å². The first kappa shape index (κ1) is 17.8. The quantitative estimate of drug-likeness (QED) is 0.702. The number of hydrogen-bond acceptors (Lipinski definition) is 4. The predicted octanol–water partition coefficient (Wildman–Crippen LogP) is 3.71. The number of halogens is 1. The molecule has 27 heavy (non-hydrogen) atoms. The minimum atomic E-state index is -0.832. The van der Waals surface area contributed by atoms with Crippen LogP contribution in [0, 0.1) is 0 Å². The fourth-order valence-electron chi connectivity index (χ4n) is 3.61. The molecule has 0 radical (unpaired) electrons. The number of ether oxygens (including phenoxy) is 1. The van der Waals surface area contributed by atoms with E-state index in [2.05, 4.69) is 27.0 Å². The Labute approximate surface area is 162 Å². The monoisotopic (exact) mass is 384 g/mol. The molecule has 1 unspecified atom stereocenters. The van der Waals surface area contributed by atoms with Gasteiger partial charge in [0, 0.05) is 24.0 Å². The van der Waals surface area contributed by atoms with Gasteiger partial charge in [0.25, 0.3) is 0 Å². The first-order chi connectivity index (χ1) is 13.1. The molecule has 1 amide bonds.